The van der Waals surface area contributed by atoms with E-state index in [4.69, 9.17) is 4.74 Å². The van der Waals surface area contributed by atoms with Crippen molar-refractivity contribution >= 4 is 5.97 Å². The smallest absolute Gasteiger partial charge is 0.427 e. The van der Waals surface area contributed by atoms with E-state index in [-0.39, 0.29) is 23.1 Å². The Morgan fingerprint density at radius 1 is 1.35 bits per heavy atom. The Morgan fingerprint density at radius 2 is 2.09 bits per heavy atom. The fourth-order valence-corrected chi connectivity index (χ4v) is 3.24. The van der Waals surface area contributed by atoms with Crippen LogP contribution in [-0.2, 0) is 10.9 Å². The molecule has 0 spiro atoms. The lowest BCUT2D eigenvalue weighted by Crippen LogP contribution is -2.23. The van der Waals surface area contributed by atoms with Crippen molar-refractivity contribution in [1.29, 1.82) is 0 Å². The Balaban J connectivity index is 1.79. The van der Waals surface area contributed by atoms with Gasteiger partial charge in [0.2, 0.25) is 0 Å². The molecule has 0 aromatic carbocycles. The zero-order valence-corrected chi connectivity index (χ0v) is 12.4. The normalized spacial score (nSPS) is 26.8. The number of hydrogen-bond acceptors (Lipinski definition) is 4. The molecule has 2 aliphatic rings. The van der Waals surface area contributed by atoms with Gasteiger partial charge < -0.3 is 9.84 Å². The summed E-state index contributed by atoms with van der Waals surface area (Å²) in [6.07, 6.45) is -1.17. The largest absolute Gasteiger partial charge is 0.433 e. The van der Waals surface area contributed by atoms with Gasteiger partial charge >= 0.3 is 12.1 Å². The third-order valence-electron chi connectivity index (χ3n) is 4.50. The number of aliphatic hydroxyl groups excluding tert-OH is 1. The number of alkyl halides is 3. The van der Waals surface area contributed by atoms with E-state index in [1.807, 2.05) is 0 Å². The van der Waals surface area contributed by atoms with Crippen molar-refractivity contribution in [2.45, 2.75) is 38.5 Å². The van der Waals surface area contributed by atoms with Crippen LogP contribution in [0.3, 0.4) is 0 Å². The van der Waals surface area contributed by atoms with E-state index in [0.29, 0.717) is 5.76 Å². The molecular weight excluding hydrogens is 311 g/mol. The minimum atomic E-state index is -4.55. The van der Waals surface area contributed by atoms with Crippen LogP contribution in [0.1, 0.15) is 41.0 Å². The highest BCUT2D eigenvalue weighted by atomic mass is 19.4. The van der Waals surface area contributed by atoms with Crippen molar-refractivity contribution in [3.8, 4) is 0 Å². The number of hydrogen-bond donors (Lipinski definition) is 1. The van der Waals surface area contributed by atoms with Crippen LogP contribution in [0, 0.1) is 18.8 Å². The van der Waals surface area contributed by atoms with Gasteiger partial charge in [-0.15, -0.1) is 0 Å². The second-order valence-corrected chi connectivity index (χ2v) is 6.05. The topological polar surface area (TPSA) is 59.4 Å². The Bertz CT molecular complexity index is 669. The molecule has 1 saturated carbocycles. The second-order valence-electron chi connectivity index (χ2n) is 6.05. The maximum absolute atomic E-state index is 12.6. The molecule has 4 nitrogen and oxygen atoms in total. The molecule has 1 fully saturated rings. The lowest BCUT2D eigenvalue weighted by Gasteiger charge is -2.24. The van der Waals surface area contributed by atoms with Crippen LogP contribution >= 0.6 is 0 Å². The zero-order valence-electron chi connectivity index (χ0n) is 12.4. The van der Waals surface area contributed by atoms with E-state index < -0.39 is 23.9 Å². The summed E-state index contributed by atoms with van der Waals surface area (Å²) in [5.74, 6) is -0.0324. The van der Waals surface area contributed by atoms with Crippen LogP contribution < -0.4 is 0 Å². The van der Waals surface area contributed by atoms with Gasteiger partial charge in [-0.1, -0.05) is 0 Å². The number of allylic oxidation sites excluding steroid dienone is 1. The van der Waals surface area contributed by atoms with Gasteiger partial charge in [-0.2, -0.15) is 13.2 Å². The lowest BCUT2D eigenvalue weighted by atomic mass is 9.91. The molecule has 0 radical (unpaired) electrons. The number of aryl methyl sites for hydroxylation is 1. The predicted molar refractivity (Wildman–Crippen MR) is 74.3 cm³/mol. The van der Waals surface area contributed by atoms with Crippen LogP contribution in [0.4, 0.5) is 13.2 Å². The molecule has 1 aromatic heterocycles. The number of carbonyl (C=O) groups is 1. The van der Waals surface area contributed by atoms with Crippen LogP contribution in [0.15, 0.2) is 24.0 Å². The molecule has 3 unspecified atom stereocenters. The van der Waals surface area contributed by atoms with Gasteiger partial charge in [0.05, 0.1) is 17.4 Å². The third kappa shape index (κ3) is 3.10. The van der Waals surface area contributed by atoms with Gasteiger partial charge in [0.1, 0.15) is 11.5 Å². The lowest BCUT2D eigenvalue weighted by molar-refractivity contribution is -0.141. The number of aliphatic hydroxyl groups is 1. The average Bonchev–Trinajstić information content (AvgIpc) is 2.89. The van der Waals surface area contributed by atoms with Crippen LogP contribution in [0.25, 0.3) is 0 Å². The monoisotopic (exact) mass is 327 g/mol. The van der Waals surface area contributed by atoms with Gasteiger partial charge in [-0.3, -0.25) is 0 Å². The van der Waals surface area contributed by atoms with Crippen LogP contribution in [0.2, 0.25) is 0 Å². The summed E-state index contributed by atoms with van der Waals surface area (Å²) >= 11 is 0. The number of pyridine rings is 1. The molecular formula is C16H16F3NO3. The average molecular weight is 327 g/mol. The number of ether oxygens (including phenoxy) is 1. The maximum atomic E-state index is 12.6. The van der Waals surface area contributed by atoms with Gasteiger partial charge in [0.25, 0.3) is 0 Å². The first-order valence-corrected chi connectivity index (χ1v) is 7.42. The van der Waals surface area contributed by atoms with Crippen molar-refractivity contribution in [2.24, 2.45) is 11.8 Å². The third-order valence-corrected chi connectivity index (χ3v) is 4.50. The van der Waals surface area contributed by atoms with Gasteiger partial charge in [-0.05, 0) is 50.3 Å². The molecule has 2 bridgehead atoms. The number of esters is 1. The van der Waals surface area contributed by atoms with E-state index >= 15 is 0 Å². The quantitative estimate of drug-likeness (QED) is 0.847. The molecule has 3 atom stereocenters. The van der Waals surface area contributed by atoms with Gasteiger partial charge in [0, 0.05) is 5.92 Å². The van der Waals surface area contributed by atoms with Gasteiger partial charge in [-0.25, -0.2) is 9.78 Å². The fourth-order valence-electron chi connectivity index (χ4n) is 3.24. The fraction of sp³-hybridized carbons (Fsp3) is 0.500. The molecule has 23 heavy (non-hydrogen) atoms. The van der Waals surface area contributed by atoms with Crippen molar-refractivity contribution < 1.29 is 27.8 Å². The van der Waals surface area contributed by atoms with E-state index in [1.165, 1.54) is 13.0 Å². The second kappa shape index (κ2) is 5.63. The SMILES string of the molecule is Cc1nc(C(F)(F)F)ccc1C(=O)OC1=CC(O)C2CCC1C2. The summed E-state index contributed by atoms with van der Waals surface area (Å²) in [6.45, 7) is 1.33. The zero-order chi connectivity index (χ0) is 16.8. The molecule has 7 heteroatoms. The molecule has 1 N–H and O–H groups in total. The molecule has 0 aliphatic heterocycles. The van der Waals surface area contributed by atoms with Gasteiger partial charge in [0.15, 0.2) is 0 Å². The molecule has 0 amide bonds. The van der Waals surface area contributed by atoms with Crippen molar-refractivity contribution in [1.82, 2.24) is 4.98 Å². The Hall–Kier alpha value is -1.89. The number of fused-ring (bicyclic) bond motifs is 2. The first-order chi connectivity index (χ1) is 10.8. The van der Waals surface area contributed by atoms with E-state index in [0.717, 1.165) is 31.4 Å². The number of rotatable bonds is 2. The first-order valence-electron chi connectivity index (χ1n) is 7.42. The number of halogens is 3. The Kier molecular flexibility index (Phi) is 3.91. The summed E-state index contributed by atoms with van der Waals surface area (Å²) in [5, 5.41) is 9.92. The number of nitrogens with zero attached hydrogens (tertiary/aromatic N) is 1. The minimum Gasteiger partial charge on any atom is -0.427 e. The summed E-state index contributed by atoms with van der Waals surface area (Å²) in [6, 6.07) is 1.84. The van der Waals surface area contributed by atoms with Crippen molar-refractivity contribution in [3.63, 3.8) is 0 Å². The molecule has 1 aromatic rings. The van der Waals surface area contributed by atoms with Crippen molar-refractivity contribution in [2.75, 3.05) is 0 Å². The number of carbonyl (C=O) groups excluding carboxylic acids is 1. The summed E-state index contributed by atoms with van der Waals surface area (Å²) < 4.78 is 43.1. The molecule has 1 heterocycles. The molecule has 0 saturated heterocycles. The molecule has 124 valence electrons. The molecule has 2 aliphatic carbocycles. The Morgan fingerprint density at radius 3 is 2.74 bits per heavy atom. The van der Waals surface area contributed by atoms with Crippen LogP contribution in [0.5, 0.6) is 0 Å². The highest BCUT2D eigenvalue weighted by Crippen LogP contribution is 2.42. The highest BCUT2D eigenvalue weighted by Gasteiger charge is 2.38. The summed E-state index contributed by atoms with van der Waals surface area (Å²) in [5.41, 5.74) is -1.09. The summed E-state index contributed by atoms with van der Waals surface area (Å²) in [4.78, 5) is 15.6. The van der Waals surface area contributed by atoms with Crippen molar-refractivity contribution in [3.05, 3.63) is 40.9 Å². The minimum absolute atomic E-state index is 0.00601. The highest BCUT2D eigenvalue weighted by molar-refractivity contribution is 5.91. The molecule has 3 rings (SSSR count). The predicted octanol–water partition coefficient (Wildman–Crippen LogP) is 3.24. The summed E-state index contributed by atoms with van der Waals surface area (Å²) in [7, 11) is 0. The van der Waals surface area contributed by atoms with Crippen LogP contribution in [-0.4, -0.2) is 22.2 Å². The Labute approximate surface area is 131 Å². The van der Waals surface area contributed by atoms with E-state index in [9.17, 15) is 23.1 Å². The maximum Gasteiger partial charge on any atom is 0.433 e. The standard InChI is InChI=1S/C16H16F3NO3/c1-8-11(4-5-14(20-8)16(17,18)19)15(22)23-13-7-12(21)9-2-3-10(13)6-9/h4-5,7,9-10,12,21H,2-3,6H2,1H3. The van der Waals surface area contributed by atoms with E-state index in [1.54, 1.807) is 0 Å². The number of aromatic nitrogens is 1. The first kappa shape index (κ1) is 16.0. The van der Waals surface area contributed by atoms with E-state index in [2.05, 4.69) is 4.98 Å².